The summed E-state index contributed by atoms with van der Waals surface area (Å²) in [5.74, 6) is -3.07. The van der Waals surface area contributed by atoms with E-state index in [2.05, 4.69) is 26.2 Å². The van der Waals surface area contributed by atoms with Crippen LogP contribution in [0.1, 0.15) is 5.56 Å². The summed E-state index contributed by atoms with van der Waals surface area (Å²) in [6.07, 6.45) is 3.21. The predicted molar refractivity (Wildman–Crippen MR) is 55.7 cm³/mol. The molecule has 1 heterocycles. The monoisotopic (exact) mass is 280 g/mol. The molecule has 1 aromatic heterocycles. The number of alkyl halides is 2. The molecule has 1 aromatic rings. The molecule has 6 heteroatoms. The van der Waals surface area contributed by atoms with E-state index in [0.29, 0.717) is 6.54 Å². The van der Waals surface area contributed by atoms with Gasteiger partial charge in [-0.05, 0) is 27.6 Å². The van der Waals surface area contributed by atoms with Crippen LogP contribution in [0.4, 0.5) is 8.78 Å². The Hall–Kier alpha value is -0.590. The lowest BCUT2D eigenvalue weighted by Gasteiger charge is -2.13. The van der Waals surface area contributed by atoms with Crippen LogP contribution < -0.4 is 5.32 Å². The minimum absolute atomic E-state index is 0.294. The third kappa shape index (κ3) is 4.63. The Labute approximate surface area is 94.7 Å². The van der Waals surface area contributed by atoms with Gasteiger partial charge in [-0.15, -0.1) is 0 Å². The number of aliphatic hydroxyl groups excluding tert-OH is 1. The van der Waals surface area contributed by atoms with Crippen molar-refractivity contribution in [2.24, 2.45) is 0 Å². The number of nitrogens with zero attached hydrogens (tertiary/aromatic N) is 1. The average Bonchev–Trinajstić information content (AvgIpc) is 2.18. The molecule has 3 nitrogen and oxygen atoms in total. The normalized spacial score (nSPS) is 11.7. The lowest BCUT2D eigenvalue weighted by molar-refractivity contribution is -0.0477. The van der Waals surface area contributed by atoms with Crippen LogP contribution in [-0.2, 0) is 6.54 Å². The maximum absolute atomic E-state index is 12.6. The fourth-order valence-electron chi connectivity index (χ4n) is 0.998. The quantitative estimate of drug-likeness (QED) is 0.861. The molecular formula is C9H11BrF2N2O. The molecule has 0 aliphatic carbocycles. The summed E-state index contributed by atoms with van der Waals surface area (Å²) in [6.45, 7) is -1.39. The van der Waals surface area contributed by atoms with Gasteiger partial charge in [0.05, 0.1) is 6.54 Å². The van der Waals surface area contributed by atoms with Crippen LogP contribution in [0.25, 0.3) is 0 Å². The van der Waals surface area contributed by atoms with E-state index in [1.54, 1.807) is 18.5 Å². The highest BCUT2D eigenvalue weighted by Gasteiger charge is 2.26. The molecule has 0 bridgehead atoms. The molecular weight excluding hydrogens is 270 g/mol. The Kier molecular flexibility index (Phi) is 4.56. The van der Waals surface area contributed by atoms with E-state index in [4.69, 9.17) is 5.11 Å². The van der Waals surface area contributed by atoms with Crippen LogP contribution in [0.5, 0.6) is 0 Å². The highest BCUT2D eigenvalue weighted by molar-refractivity contribution is 9.10. The Balaban J connectivity index is 2.38. The first-order valence-electron chi connectivity index (χ1n) is 4.32. The summed E-state index contributed by atoms with van der Waals surface area (Å²) in [6, 6.07) is 1.79. The molecule has 0 aliphatic heterocycles. The summed E-state index contributed by atoms with van der Waals surface area (Å²) in [4.78, 5) is 3.90. The van der Waals surface area contributed by atoms with Gasteiger partial charge in [0.25, 0.3) is 5.92 Å². The van der Waals surface area contributed by atoms with Crippen LogP contribution in [0.15, 0.2) is 22.9 Å². The number of aliphatic hydroxyl groups is 1. The van der Waals surface area contributed by atoms with E-state index in [1.807, 2.05) is 0 Å². The summed E-state index contributed by atoms with van der Waals surface area (Å²) in [7, 11) is 0. The summed E-state index contributed by atoms with van der Waals surface area (Å²) >= 11 is 3.23. The van der Waals surface area contributed by atoms with Gasteiger partial charge < -0.3 is 10.4 Å². The minimum Gasteiger partial charge on any atom is -0.390 e. The van der Waals surface area contributed by atoms with Gasteiger partial charge in [-0.2, -0.15) is 0 Å². The highest BCUT2D eigenvalue weighted by Crippen LogP contribution is 2.12. The van der Waals surface area contributed by atoms with Crippen molar-refractivity contribution in [2.75, 3.05) is 13.2 Å². The second-order valence-electron chi connectivity index (χ2n) is 3.13. The van der Waals surface area contributed by atoms with E-state index < -0.39 is 19.1 Å². The second kappa shape index (κ2) is 5.48. The second-order valence-corrected chi connectivity index (χ2v) is 4.04. The Bertz CT molecular complexity index is 323. The van der Waals surface area contributed by atoms with Crippen molar-refractivity contribution in [3.8, 4) is 0 Å². The number of aromatic nitrogens is 1. The Morgan fingerprint density at radius 2 is 2.20 bits per heavy atom. The molecule has 15 heavy (non-hydrogen) atoms. The SMILES string of the molecule is OCC(F)(F)CNCc1cncc(Br)c1. The number of hydrogen-bond donors (Lipinski definition) is 2. The third-order valence-corrected chi connectivity index (χ3v) is 2.14. The topological polar surface area (TPSA) is 45.1 Å². The van der Waals surface area contributed by atoms with Crippen molar-refractivity contribution in [3.63, 3.8) is 0 Å². The zero-order valence-corrected chi connectivity index (χ0v) is 9.47. The van der Waals surface area contributed by atoms with Crippen LogP contribution in [0.2, 0.25) is 0 Å². The van der Waals surface area contributed by atoms with E-state index in [0.717, 1.165) is 10.0 Å². The summed E-state index contributed by atoms with van der Waals surface area (Å²) in [5.41, 5.74) is 0.804. The Morgan fingerprint density at radius 3 is 2.80 bits per heavy atom. The smallest absolute Gasteiger partial charge is 0.282 e. The molecule has 84 valence electrons. The van der Waals surface area contributed by atoms with Crippen molar-refractivity contribution in [2.45, 2.75) is 12.5 Å². The molecule has 0 saturated heterocycles. The van der Waals surface area contributed by atoms with Crippen molar-refractivity contribution in [3.05, 3.63) is 28.5 Å². The van der Waals surface area contributed by atoms with Gasteiger partial charge in [0, 0.05) is 23.4 Å². The van der Waals surface area contributed by atoms with E-state index in [-0.39, 0.29) is 0 Å². The lowest BCUT2D eigenvalue weighted by Crippen LogP contribution is -2.35. The van der Waals surface area contributed by atoms with Gasteiger partial charge in [0.1, 0.15) is 6.61 Å². The van der Waals surface area contributed by atoms with E-state index in [9.17, 15) is 8.78 Å². The third-order valence-electron chi connectivity index (χ3n) is 1.71. The van der Waals surface area contributed by atoms with E-state index >= 15 is 0 Å². The maximum Gasteiger partial charge on any atom is 0.282 e. The van der Waals surface area contributed by atoms with Gasteiger partial charge in [0.15, 0.2) is 0 Å². The van der Waals surface area contributed by atoms with Crippen molar-refractivity contribution >= 4 is 15.9 Å². The molecule has 0 fully saturated rings. The van der Waals surface area contributed by atoms with Crippen molar-refractivity contribution in [1.29, 1.82) is 0 Å². The molecule has 0 amide bonds. The van der Waals surface area contributed by atoms with Crippen molar-refractivity contribution < 1.29 is 13.9 Å². The molecule has 0 radical (unpaired) electrons. The highest BCUT2D eigenvalue weighted by atomic mass is 79.9. The Morgan fingerprint density at radius 1 is 1.47 bits per heavy atom. The molecule has 0 spiro atoms. The number of nitrogens with one attached hydrogen (secondary N) is 1. The molecule has 0 atom stereocenters. The first-order chi connectivity index (χ1) is 7.03. The lowest BCUT2D eigenvalue weighted by atomic mass is 10.3. The van der Waals surface area contributed by atoms with Gasteiger partial charge in [0.2, 0.25) is 0 Å². The van der Waals surface area contributed by atoms with E-state index in [1.165, 1.54) is 0 Å². The van der Waals surface area contributed by atoms with Crippen LogP contribution >= 0.6 is 15.9 Å². The van der Waals surface area contributed by atoms with Crippen LogP contribution in [-0.4, -0.2) is 29.2 Å². The fraction of sp³-hybridized carbons (Fsp3) is 0.444. The maximum atomic E-state index is 12.6. The number of pyridine rings is 1. The van der Waals surface area contributed by atoms with Gasteiger partial charge in [-0.25, -0.2) is 8.78 Å². The van der Waals surface area contributed by atoms with Gasteiger partial charge in [-0.3, -0.25) is 4.98 Å². The minimum atomic E-state index is -3.07. The number of halogens is 3. The molecule has 0 unspecified atom stereocenters. The summed E-state index contributed by atoms with van der Waals surface area (Å²) in [5, 5.41) is 10.9. The first-order valence-corrected chi connectivity index (χ1v) is 5.12. The summed E-state index contributed by atoms with van der Waals surface area (Å²) < 4.78 is 26.0. The number of rotatable bonds is 5. The van der Waals surface area contributed by atoms with Crippen LogP contribution in [0, 0.1) is 0 Å². The zero-order chi connectivity index (χ0) is 11.3. The molecule has 0 aromatic carbocycles. The van der Waals surface area contributed by atoms with Gasteiger partial charge >= 0.3 is 0 Å². The fourth-order valence-corrected chi connectivity index (χ4v) is 1.41. The predicted octanol–water partition coefficient (Wildman–Crippen LogP) is 1.56. The zero-order valence-electron chi connectivity index (χ0n) is 7.88. The molecule has 1 rings (SSSR count). The average molecular weight is 281 g/mol. The van der Waals surface area contributed by atoms with Gasteiger partial charge in [-0.1, -0.05) is 0 Å². The van der Waals surface area contributed by atoms with Crippen LogP contribution in [0.3, 0.4) is 0 Å². The molecule has 0 aliphatic rings. The molecule has 0 saturated carbocycles. The first kappa shape index (κ1) is 12.5. The van der Waals surface area contributed by atoms with Crippen molar-refractivity contribution in [1.82, 2.24) is 10.3 Å². The molecule has 2 N–H and O–H groups in total. The standard InChI is InChI=1S/C9H11BrF2N2O/c10-8-1-7(2-13-4-8)3-14-5-9(11,12)6-15/h1-2,4,14-15H,3,5-6H2. The largest absolute Gasteiger partial charge is 0.390 e. The number of hydrogen-bond acceptors (Lipinski definition) is 3.